The molecule has 1 amide bonds. The lowest BCUT2D eigenvalue weighted by Gasteiger charge is -2.22. The fourth-order valence-corrected chi connectivity index (χ4v) is 2.67. The minimum Gasteiger partial charge on any atom is -0.355 e. The number of rotatable bonds is 4. The van der Waals surface area contributed by atoms with Gasteiger partial charge in [-0.3, -0.25) is 4.79 Å². The molecule has 0 aromatic heterocycles. The Morgan fingerprint density at radius 2 is 1.89 bits per heavy atom. The summed E-state index contributed by atoms with van der Waals surface area (Å²) in [5.41, 5.74) is 1.06. The Bertz CT molecular complexity index is 409. The summed E-state index contributed by atoms with van der Waals surface area (Å²) in [6.07, 6.45) is 5.65. The summed E-state index contributed by atoms with van der Waals surface area (Å²) < 4.78 is 12.8. The third kappa shape index (κ3) is 4.05. The fourth-order valence-electron chi connectivity index (χ4n) is 2.67. The molecule has 1 unspecified atom stereocenters. The summed E-state index contributed by atoms with van der Waals surface area (Å²) in [6, 6.07) is 6.50. The standard InChI is InChI=1S/C16H22FNO/c1-12(13-7-9-15(17)10-8-13)11-18-16(19)14-5-3-2-4-6-14/h7-10,12,14H,2-6,11H2,1H3,(H,18,19). The first-order valence-corrected chi connectivity index (χ1v) is 7.20. The van der Waals surface area contributed by atoms with Crippen LogP contribution in [0.4, 0.5) is 4.39 Å². The number of carbonyl (C=O) groups excluding carboxylic acids is 1. The third-order valence-electron chi connectivity index (χ3n) is 4.00. The van der Waals surface area contributed by atoms with Gasteiger partial charge in [-0.25, -0.2) is 4.39 Å². The Morgan fingerprint density at radius 3 is 2.53 bits per heavy atom. The second kappa shape index (κ2) is 6.69. The lowest BCUT2D eigenvalue weighted by Crippen LogP contribution is -2.34. The van der Waals surface area contributed by atoms with Crippen LogP contribution in [0.1, 0.15) is 50.5 Å². The lowest BCUT2D eigenvalue weighted by molar-refractivity contribution is -0.125. The zero-order valence-electron chi connectivity index (χ0n) is 11.5. The van der Waals surface area contributed by atoms with Gasteiger partial charge >= 0.3 is 0 Å². The van der Waals surface area contributed by atoms with E-state index in [1.165, 1.54) is 31.4 Å². The van der Waals surface area contributed by atoms with Crippen LogP contribution in [0, 0.1) is 11.7 Å². The van der Waals surface area contributed by atoms with Crippen LogP contribution in [0.2, 0.25) is 0 Å². The summed E-state index contributed by atoms with van der Waals surface area (Å²) >= 11 is 0. The predicted octanol–water partition coefficient (Wildman–Crippen LogP) is 3.63. The van der Waals surface area contributed by atoms with Crippen molar-refractivity contribution in [2.45, 2.75) is 44.9 Å². The Hall–Kier alpha value is -1.38. The van der Waals surface area contributed by atoms with Crippen molar-refractivity contribution in [2.24, 2.45) is 5.92 Å². The Balaban J connectivity index is 1.80. The van der Waals surface area contributed by atoms with Crippen LogP contribution in [0.5, 0.6) is 0 Å². The number of halogens is 1. The molecule has 1 aromatic carbocycles. The smallest absolute Gasteiger partial charge is 0.223 e. The van der Waals surface area contributed by atoms with E-state index in [1.807, 2.05) is 6.92 Å². The number of hydrogen-bond donors (Lipinski definition) is 1. The molecule has 0 saturated heterocycles. The van der Waals surface area contributed by atoms with E-state index in [1.54, 1.807) is 12.1 Å². The van der Waals surface area contributed by atoms with Crippen LogP contribution < -0.4 is 5.32 Å². The van der Waals surface area contributed by atoms with Crippen LogP contribution in [0.3, 0.4) is 0 Å². The first kappa shape index (κ1) is 14.0. The number of hydrogen-bond acceptors (Lipinski definition) is 1. The second-order valence-electron chi connectivity index (χ2n) is 5.53. The van der Waals surface area contributed by atoms with E-state index in [0.717, 1.165) is 18.4 Å². The first-order valence-electron chi connectivity index (χ1n) is 7.20. The average Bonchev–Trinajstić information content (AvgIpc) is 2.46. The lowest BCUT2D eigenvalue weighted by atomic mass is 9.88. The van der Waals surface area contributed by atoms with E-state index < -0.39 is 0 Å². The van der Waals surface area contributed by atoms with E-state index in [-0.39, 0.29) is 23.6 Å². The molecular formula is C16H22FNO. The highest BCUT2D eigenvalue weighted by Gasteiger charge is 2.21. The van der Waals surface area contributed by atoms with E-state index >= 15 is 0 Å². The molecule has 0 aliphatic heterocycles. The van der Waals surface area contributed by atoms with Gasteiger partial charge < -0.3 is 5.32 Å². The Labute approximate surface area is 114 Å². The summed E-state index contributed by atoms with van der Waals surface area (Å²) in [5, 5.41) is 3.03. The zero-order valence-corrected chi connectivity index (χ0v) is 11.5. The van der Waals surface area contributed by atoms with Crippen molar-refractivity contribution in [2.75, 3.05) is 6.54 Å². The molecule has 19 heavy (non-hydrogen) atoms. The molecule has 0 radical (unpaired) electrons. The molecule has 1 aromatic rings. The molecule has 3 heteroatoms. The van der Waals surface area contributed by atoms with E-state index in [2.05, 4.69) is 5.32 Å². The van der Waals surface area contributed by atoms with Crippen LogP contribution in [-0.2, 0) is 4.79 Å². The van der Waals surface area contributed by atoms with Crippen molar-refractivity contribution in [3.63, 3.8) is 0 Å². The van der Waals surface area contributed by atoms with Crippen molar-refractivity contribution in [1.82, 2.24) is 5.32 Å². The second-order valence-corrected chi connectivity index (χ2v) is 5.53. The van der Waals surface area contributed by atoms with Crippen LogP contribution in [0.25, 0.3) is 0 Å². The molecule has 2 rings (SSSR count). The molecule has 1 atom stereocenters. The maximum absolute atomic E-state index is 12.8. The highest BCUT2D eigenvalue weighted by atomic mass is 19.1. The molecule has 0 bridgehead atoms. The molecule has 2 nitrogen and oxygen atoms in total. The summed E-state index contributed by atoms with van der Waals surface area (Å²) in [4.78, 5) is 12.0. The first-order chi connectivity index (χ1) is 9.16. The number of carbonyl (C=O) groups is 1. The topological polar surface area (TPSA) is 29.1 Å². The average molecular weight is 263 g/mol. The van der Waals surface area contributed by atoms with Gasteiger partial charge in [0.2, 0.25) is 5.91 Å². The highest BCUT2D eigenvalue weighted by molar-refractivity contribution is 5.78. The van der Waals surface area contributed by atoms with Gasteiger partial charge in [0.15, 0.2) is 0 Å². The van der Waals surface area contributed by atoms with Crippen molar-refractivity contribution < 1.29 is 9.18 Å². The maximum Gasteiger partial charge on any atom is 0.223 e. The quantitative estimate of drug-likeness (QED) is 0.883. The van der Waals surface area contributed by atoms with E-state index in [0.29, 0.717) is 6.54 Å². The largest absolute Gasteiger partial charge is 0.355 e. The SMILES string of the molecule is CC(CNC(=O)C1CCCCC1)c1ccc(F)cc1. The summed E-state index contributed by atoms with van der Waals surface area (Å²) in [7, 11) is 0. The van der Waals surface area contributed by atoms with Crippen LogP contribution >= 0.6 is 0 Å². The molecule has 1 saturated carbocycles. The predicted molar refractivity (Wildman–Crippen MR) is 74.4 cm³/mol. The normalized spacial score (nSPS) is 18.0. The van der Waals surface area contributed by atoms with Gasteiger partial charge in [0.25, 0.3) is 0 Å². The fraction of sp³-hybridized carbons (Fsp3) is 0.562. The minimum atomic E-state index is -0.220. The molecule has 1 fully saturated rings. The van der Waals surface area contributed by atoms with Crippen LogP contribution in [-0.4, -0.2) is 12.5 Å². The van der Waals surface area contributed by atoms with Crippen molar-refractivity contribution >= 4 is 5.91 Å². The summed E-state index contributed by atoms with van der Waals surface area (Å²) in [6.45, 7) is 2.68. The van der Waals surface area contributed by atoms with E-state index in [4.69, 9.17) is 0 Å². The maximum atomic E-state index is 12.8. The molecule has 1 aliphatic carbocycles. The van der Waals surface area contributed by atoms with Gasteiger partial charge in [-0.1, -0.05) is 38.3 Å². The summed E-state index contributed by atoms with van der Waals surface area (Å²) in [5.74, 6) is 0.387. The Kier molecular flexibility index (Phi) is 4.94. The highest BCUT2D eigenvalue weighted by Crippen LogP contribution is 2.24. The third-order valence-corrected chi connectivity index (χ3v) is 4.00. The van der Waals surface area contributed by atoms with Crippen molar-refractivity contribution in [1.29, 1.82) is 0 Å². The zero-order chi connectivity index (χ0) is 13.7. The minimum absolute atomic E-state index is 0.189. The van der Waals surface area contributed by atoms with Gasteiger partial charge in [0, 0.05) is 12.5 Å². The van der Waals surface area contributed by atoms with Gasteiger partial charge in [-0.15, -0.1) is 0 Å². The Morgan fingerprint density at radius 1 is 1.26 bits per heavy atom. The molecular weight excluding hydrogens is 241 g/mol. The number of nitrogens with one attached hydrogen (secondary N) is 1. The number of benzene rings is 1. The molecule has 1 N–H and O–H groups in total. The van der Waals surface area contributed by atoms with Crippen LogP contribution in [0.15, 0.2) is 24.3 Å². The van der Waals surface area contributed by atoms with Gasteiger partial charge in [0.05, 0.1) is 0 Å². The van der Waals surface area contributed by atoms with E-state index in [9.17, 15) is 9.18 Å². The van der Waals surface area contributed by atoms with Gasteiger partial charge in [-0.05, 0) is 36.5 Å². The molecule has 1 aliphatic rings. The molecule has 0 spiro atoms. The van der Waals surface area contributed by atoms with Crippen molar-refractivity contribution in [3.8, 4) is 0 Å². The number of amides is 1. The molecule has 0 heterocycles. The van der Waals surface area contributed by atoms with Crippen molar-refractivity contribution in [3.05, 3.63) is 35.6 Å². The molecule has 104 valence electrons. The monoisotopic (exact) mass is 263 g/mol. The van der Waals surface area contributed by atoms with Gasteiger partial charge in [-0.2, -0.15) is 0 Å². The van der Waals surface area contributed by atoms with Gasteiger partial charge in [0.1, 0.15) is 5.82 Å².